The van der Waals surface area contributed by atoms with Gasteiger partial charge in [-0.15, -0.1) is 11.6 Å². The van der Waals surface area contributed by atoms with Crippen molar-refractivity contribution in [3.8, 4) is 0 Å². The Morgan fingerprint density at radius 3 is 2.72 bits per heavy atom. The molecule has 4 heteroatoms. The molecule has 0 N–H and O–H groups in total. The number of hydrogen-bond donors (Lipinski definition) is 0. The Hall–Kier alpha value is -1.06. The summed E-state index contributed by atoms with van der Waals surface area (Å²) in [6, 6.07) is 8.75. The van der Waals surface area contributed by atoms with Gasteiger partial charge in [0.05, 0.1) is 16.9 Å². The van der Waals surface area contributed by atoms with E-state index in [4.69, 9.17) is 11.6 Å². The van der Waals surface area contributed by atoms with E-state index >= 15 is 0 Å². The molecule has 0 saturated heterocycles. The summed E-state index contributed by atoms with van der Waals surface area (Å²) in [6.07, 6.45) is 0. The number of imidazole rings is 1. The van der Waals surface area contributed by atoms with Crippen LogP contribution in [0.25, 0.3) is 11.0 Å². The first kappa shape index (κ1) is 13.4. The highest BCUT2D eigenvalue weighted by Crippen LogP contribution is 2.17. The average Bonchev–Trinajstić information content (AvgIpc) is 2.73. The van der Waals surface area contributed by atoms with Crippen LogP contribution in [0.3, 0.4) is 0 Å². The van der Waals surface area contributed by atoms with Crippen LogP contribution in [0.15, 0.2) is 24.3 Å². The van der Waals surface area contributed by atoms with Crippen molar-refractivity contribution in [2.45, 2.75) is 32.3 Å². The van der Waals surface area contributed by atoms with Gasteiger partial charge in [-0.05, 0) is 33.0 Å². The molecule has 0 aliphatic rings. The molecule has 18 heavy (non-hydrogen) atoms. The van der Waals surface area contributed by atoms with Crippen molar-refractivity contribution in [2.24, 2.45) is 0 Å². The molecule has 0 unspecified atom stereocenters. The van der Waals surface area contributed by atoms with E-state index in [9.17, 15) is 0 Å². The SMILES string of the molecule is CC(C)N(C)CCn1c(CCl)nc2ccccc21. The zero-order chi connectivity index (χ0) is 13.1. The van der Waals surface area contributed by atoms with E-state index in [0.717, 1.165) is 24.4 Å². The van der Waals surface area contributed by atoms with Gasteiger partial charge in [-0.25, -0.2) is 4.98 Å². The summed E-state index contributed by atoms with van der Waals surface area (Å²) >= 11 is 5.98. The lowest BCUT2D eigenvalue weighted by Gasteiger charge is -2.21. The third-order valence-corrected chi connectivity index (χ3v) is 3.65. The third-order valence-electron chi connectivity index (χ3n) is 3.41. The van der Waals surface area contributed by atoms with Gasteiger partial charge in [0.2, 0.25) is 0 Å². The summed E-state index contributed by atoms with van der Waals surface area (Å²) in [4.78, 5) is 6.89. The molecular formula is C14H20ClN3. The van der Waals surface area contributed by atoms with E-state index in [0.29, 0.717) is 11.9 Å². The van der Waals surface area contributed by atoms with Crippen LogP contribution in [0.4, 0.5) is 0 Å². The Balaban J connectivity index is 2.25. The molecule has 1 aromatic carbocycles. The van der Waals surface area contributed by atoms with Gasteiger partial charge in [0, 0.05) is 19.1 Å². The van der Waals surface area contributed by atoms with Gasteiger partial charge < -0.3 is 9.47 Å². The molecule has 0 bridgehead atoms. The van der Waals surface area contributed by atoms with Crippen molar-refractivity contribution in [2.75, 3.05) is 13.6 Å². The normalized spacial score (nSPS) is 11.9. The lowest BCUT2D eigenvalue weighted by molar-refractivity contribution is 0.263. The molecule has 0 fully saturated rings. The number of benzene rings is 1. The highest BCUT2D eigenvalue weighted by atomic mass is 35.5. The fraction of sp³-hybridized carbons (Fsp3) is 0.500. The molecule has 3 nitrogen and oxygen atoms in total. The molecule has 0 aliphatic heterocycles. The van der Waals surface area contributed by atoms with Crippen molar-refractivity contribution >= 4 is 22.6 Å². The highest BCUT2D eigenvalue weighted by Gasteiger charge is 2.10. The maximum atomic E-state index is 5.98. The smallest absolute Gasteiger partial charge is 0.124 e. The van der Waals surface area contributed by atoms with Crippen molar-refractivity contribution in [3.05, 3.63) is 30.1 Å². The second-order valence-corrected chi connectivity index (χ2v) is 5.14. The lowest BCUT2D eigenvalue weighted by atomic mass is 10.3. The molecule has 0 atom stereocenters. The van der Waals surface area contributed by atoms with Crippen molar-refractivity contribution in [3.63, 3.8) is 0 Å². The maximum Gasteiger partial charge on any atom is 0.124 e. The highest BCUT2D eigenvalue weighted by molar-refractivity contribution is 6.16. The van der Waals surface area contributed by atoms with Crippen molar-refractivity contribution in [1.29, 1.82) is 0 Å². The average molecular weight is 266 g/mol. The molecule has 1 aromatic heterocycles. The van der Waals surface area contributed by atoms with Crippen LogP contribution in [0.5, 0.6) is 0 Å². The monoisotopic (exact) mass is 265 g/mol. The number of fused-ring (bicyclic) bond motifs is 1. The first-order chi connectivity index (χ1) is 8.63. The van der Waals surface area contributed by atoms with Gasteiger partial charge in [-0.3, -0.25) is 0 Å². The molecule has 2 aromatic rings. The van der Waals surface area contributed by atoms with Crippen LogP contribution < -0.4 is 0 Å². The molecule has 0 aliphatic carbocycles. The van der Waals surface area contributed by atoms with Crippen LogP contribution >= 0.6 is 11.6 Å². The van der Waals surface area contributed by atoms with Crippen LogP contribution in [-0.2, 0) is 12.4 Å². The topological polar surface area (TPSA) is 21.1 Å². The van der Waals surface area contributed by atoms with Gasteiger partial charge >= 0.3 is 0 Å². The van der Waals surface area contributed by atoms with Crippen molar-refractivity contribution in [1.82, 2.24) is 14.5 Å². The molecule has 2 rings (SSSR count). The van der Waals surface area contributed by atoms with E-state index < -0.39 is 0 Å². The zero-order valence-electron chi connectivity index (χ0n) is 11.2. The number of para-hydroxylation sites is 2. The Kier molecular flexibility index (Phi) is 4.25. The Bertz CT molecular complexity index is 519. The Labute approximate surface area is 113 Å². The molecule has 0 radical (unpaired) electrons. The van der Waals surface area contributed by atoms with Gasteiger partial charge in [0.25, 0.3) is 0 Å². The summed E-state index contributed by atoms with van der Waals surface area (Å²) in [7, 11) is 2.14. The fourth-order valence-electron chi connectivity index (χ4n) is 1.99. The van der Waals surface area contributed by atoms with Crippen LogP contribution in [0.2, 0.25) is 0 Å². The summed E-state index contributed by atoms with van der Waals surface area (Å²) in [5.41, 5.74) is 2.20. The largest absolute Gasteiger partial charge is 0.326 e. The van der Waals surface area contributed by atoms with Crippen LogP contribution in [0.1, 0.15) is 19.7 Å². The summed E-state index contributed by atoms with van der Waals surface area (Å²) in [5, 5.41) is 0. The number of nitrogens with zero attached hydrogens (tertiary/aromatic N) is 3. The number of hydrogen-bond acceptors (Lipinski definition) is 2. The minimum Gasteiger partial charge on any atom is -0.326 e. The van der Waals surface area contributed by atoms with Crippen LogP contribution in [0, 0.1) is 0 Å². The predicted molar refractivity (Wildman–Crippen MR) is 77.1 cm³/mol. The number of rotatable bonds is 5. The first-order valence-electron chi connectivity index (χ1n) is 6.34. The maximum absolute atomic E-state index is 5.98. The second-order valence-electron chi connectivity index (χ2n) is 4.88. The standard InChI is InChI=1S/C14H20ClN3/c1-11(2)17(3)8-9-18-13-7-5-4-6-12(13)16-14(18)10-15/h4-7,11H,8-10H2,1-3H3. The predicted octanol–water partition coefficient (Wildman–Crippen LogP) is 3.12. The Morgan fingerprint density at radius 1 is 1.33 bits per heavy atom. The van der Waals surface area contributed by atoms with Gasteiger partial charge in [-0.1, -0.05) is 12.1 Å². The molecule has 98 valence electrons. The first-order valence-corrected chi connectivity index (χ1v) is 6.87. The number of halogens is 1. The van der Waals surface area contributed by atoms with E-state index in [1.807, 2.05) is 18.2 Å². The lowest BCUT2D eigenvalue weighted by Crippen LogP contribution is -2.30. The molecular weight excluding hydrogens is 246 g/mol. The zero-order valence-corrected chi connectivity index (χ0v) is 12.0. The number of alkyl halides is 1. The molecule has 1 heterocycles. The van der Waals surface area contributed by atoms with E-state index in [-0.39, 0.29) is 0 Å². The Morgan fingerprint density at radius 2 is 2.06 bits per heavy atom. The minimum absolute atomic E-state index is 0.458. The molecule has 0 spiro atoms. The van der Waals surface area contributed by atoms with E-state index in [2.05, 4.69) is 41.4 Å². The summed E-state index contributed by atoms with van der Waals surface area (Å²) in [5.74, 6) is 1.41. The van der Waals surface area contributed by atoms with Gasteiger partial charge in [-0.2, -0.15) is 0 Å². The number of likely N-dealkylation sites (N-methyl/N-ethyl adjacent to an activating group) is 1. The molecule has 0 amide bonds. The molecule has 0 saturated carbocycles. The van der Waals surface area contributed by atoms with E-state index in [1.165, 1.54) is 5.52 Å². The van der Waals surface area contributed by atoms with Gasteiger partial charge in [0.1, 0.15) is 5.82 Å². The van der Waals surface area contributed by atoms with Crippen LogP contribution in [-0.4, -0.2) is 34.1 Å². The quantitative estimate of drug-likeness (QED) is 0.775. The van der Waals surface area contributed by atoms with Crippen molar-refractivity contribution < 1.29 is 0 Å². The number of aromatic nitrogens is 2. The van der Waals surface area contributed by atoms with Gasteiger partial charge in [0.15, 0.2) is 0 Å². The third kappa shape index (κ3) is 2.68. The second kappa shape index (κ2) is 5.72. The van der Waals surface area contributed by atoms with E-state index in [1.54, 1.807) is 0 Å². The summed E-state index contributed by atoms with van der Waals surface area (Å²) < 4.78 is 2.22. The minimum atomic E-state index is 0.458. The fourth-order valence-corrected chi connectivity index (χ4v) is 2.20. The summed E-state index contributed by atoms with van der Waals surface area (Å²) in [6.45, 7) is 6.34.